The van der Waals surface area contributed by atoms with E-state index in [0.29, 0.717) is 30.8 Å². The SMILES string of the molecule is CCC1CN(C(=O)c2cncc(C#CCO)c2)CCO1. The van der Waals surface area contributed by atoms with Crippen LogP contribution in [0, 0.1) is 11.8 Å². The highest BCUT2D eigenvalue weighted by Gasteiger charge is 2.24. The Morgan fingerprint density at radius 3 is 3.20 bits per heavy atom. The van der Waals surface area contributed by atoms with Crippen molar-refractivity contribution >= 4 is 5.91 Å². The van der Waals surface area contributed by atoms with Crippen molar-refractivity contribution in [2.45, 2.75) is 19.4 Å². The van der Waals surface area contributed by atoms with Gasteiger partial charge in [0.25, 0.3) is 5.91 Å². The van der Waals surface area contributed by atoms with Crippen molar-refractivity contribution < 1.29 is 14.6 Å². The fourth-order valence-corrected chi connectivity index (χ4v) is 2.10. The van der Waals surface area contributed by atoms with E-state index in [1.165, 1.54) is 0 Å². The largest absolute Gasteiger partial charge is 0.384 e. The van der Waals surface area contributed by atoms with Gasteiger partial charge in [0.1, 0.15) is 6.61 Å². The predicted molar refractivity (Wildman–Crippen MR) is 74.1 cm³/mol. The minimum Gasteiger partial charge on any atom is -0.384 e. The number of aliphatic hydroxyl groups excluding tert-OH is 1. The summed E-state index contributed by atoms with van der Waals surface area (Å²) in [7, 11) is 0. The zero-order valence-corrected chi connectivity index (χ0v) is 11.5. The number of morpholine rings is 1. The van der Waals surface area contributed by atoms with Crippen LogP contribution in [-0.4, -0.2) is 53.3 Å². The lowest BCUT2D eigenvalue weighted by molar-refractivity contribution is -0.0226. The van der Waals surface area contributed by atoms with Gasteiger partial charge in [-0.2, -0.15) is 0 Å². The monoisotopic (exact) mass is 274 g/mol. The molecule has 1 N–H and O–H groups in total. The Balaban J connectivity index is 2.12. The predicted octanol–water partition coefficient (Wildman–Crippen LogP) is 0.676. The second-order valence-corrected chi connectivity index (χ2v) is 4.57. The molecule has 1 fully saturated rings. The summed E-state index contributed by atoms with van der Waals surface area (Å²) in [5.41, 5.74) is 1.15. The Labute approximate surface area is 118 Å². The van der Waals surface area contributed by atoms with Gasteiger partial charge >= 0.3 is 0 Å². The van der Waals surface area contributed by atoms with Gasteiger partial charge in [0.05, 0.1) is 18.3 Å². The number of rotatable bonds is 2. The molecule has 1 aliphatic heterocycles. The van der Waals surface area contributed by atoms with Crippen LogP contribution in [-0.2, 0) is 4.74 Å². The summed E-state index contributed by atoms with van der Waals surface area (Å²) in [5.74, 6) is 5.25. The summed E-state index contributed by atoms with van der Waals surface area (Å²) in [6.07, 6.45) is 4.12. The normalized spacial score (nSPS) is 18.3. The lowest BCUT2D eigenvalue weighted by atomic mass is 10.1. The van der Waals surface area contributed by atoms with Gasteiger partial charge in [-0.3, -0.25) is 9.78 Å². The average molecular weight is 274 g/mol. The molecule has 0 bridgehead atoms. The third-order valence-corrected chi connectivity index (χ3v) is 3.18. The number of amides is 1. The van der Waals surface area contributed by atoms with Crippen molar-refractivity contribution in [3.8, 4) is 11.8 Å². The van der Waals surface area contributed by atoms with Crippen LogP contribution < -0.4 is 0 Å². The summed E-state index contributed by atoms with van der Waals surface area (Å²) in [6, 6.07) is 1.70. The van der Waals surface area contributed by atoms with Gasteiger partial charge in [-0.05, 0) is 12.5 Å². The van der Waals surface area contributed by atoms with Crippen molar-refractivity contribution in [1.82, 2.24) is 9.88 Å². The molecule has 1 aromatic rings. The number of nitrogens with zero attached hydrogens (tertiary/aromatic N) is 2. The average Bonchev–Trinajstić information content (AvgIpc) is 2.52. The summed E-state index contributed by atoms with van der Waals surface area (Å²) in [4.78, 5) is 18.2. The van der Waals surface area contributed by atoms with E-state index in [2.05, 4.69) is 16.8 Å². The van der Waals surface area contributed by atoms with Crippen LogP contribution >= 0.6 is 0 Å². The summed E-state index contributed by atoms with van der Waals surface area (Å²) in [6.45, 7) is 3.62. The molecule has 1 aliphatic rings. The molecule has 0 radical (unpaired) electrons. The zero-order chi connectivity index (χ0) is 14.4. The molecule has 106 valence electrons. The van der Waals surface area contributed by atoms with Gasteiger partial charge in [-0.15, -0.1) is 0 Å². The number of ether oxygens (including phenoxy) is 1. The van der Waals surface area contributed by atoms with Crippen LogP contribution in [0.25, 0.3) is 0 Å². The number of aliphatic hydroxyl groups is 1. The van der Waals surface area contributed by atoms with E-state index in [1.54, 1.807) is 23.4 Å². The van der Waals surface area contributed by atoms with Gasteiger partial charge in [0.2, 0.25) is 0 Å². The fraction of sp³-hybridized carbons (Fsp3) is 0.467. The minimum atomic E-state index is -0.209. The molecule has 20 heavy (non-hydrogen) atoms. The van der Waals surface area contributed by atoms with Crippen LogP contribution in [0.1, 0.15) is 29.3 Å². The fourth-order valence-electron chi connectivity index (χ4n) is 2.10. The standard InChI is InChI=1S/C15H18N2O3/c1-2-14-11-17(5-7-20-14)15(19)13-8-12(4-3-6-18)9-16-10-13/h8-10,14,18H,2,5-7,11H2,1H3. The zero-order valence-electron chi connectivity index (χ0n) is 11.5. The van der Waals surface area contributed by atoms with Crippen LogP contribution in [0.5, 0.6) is 0 Å². The lowest BCUT2D eigenvalue weighted by Gasteiger charge is -2.32. The van der Waals surface area contributed by atoms with E-state index in [0.717, 1.165) is 6.42 Å². The van der Waals surface area contributed by atoms with Crippen molar-refractivity contribution in [3.63, 3.8) is 0 Å². The molecular weight excluding hydrogens is 256 g/mol. The molecule has 1 atom stereocenters. The Hall–Kier alpha value is -1.90. The number of aromatic nitrogens is 1. The highest BCUT2D eigenvalue weighted by Crippen LogP contribution is 2.12. The first-order chi connectivity index (χ1) is 9.74. The molecule has 0 aliphatic carbocycles. The Morgan fingerprint density at radius 1 is 1.60 bits per heavy atom. The van der Waals surface area contributed by atoms with Crippen molar-refractivity contribution in [2.75, 3.05) is 26.3 Å². The topological polar surface area (TPSA) is 62.7 Å². The summed E-state index contributed by atoms with van der Waals surface area (Å²) >= 11 is 0. The molecule has 5 nitrogen and oxygen atoms in total. The molecule has 1 unspecified atom stereocenters. The van der Waals surface area contributed by atoms with Gasteiger partial charge in [0, 0.05) is 31.0 Å². The Morgan fingerprint density at radius 2 is 2.45 bits per heavy atom. The highest BCUT2D eigenvalue weighted by atomic mass is 16.5. The molecule has 0 saturated carbocycles. The number of carbonyl (C=O) groups is 1. The molecule has 1 saturated heterocycles. The summed E-state index contributed by atoms with van der Waals surface area (Å²) in [5, 5.41) is 8.68. The quantitative estimate of drug-likeness (QED) is 0.805. The van der Waals surface area contributed by atoms with Crippen LogP contribution in [0.4, 0.5) is 0 Å². The van der Waals surface area contributed by atoms with E-state index in [-0.39, 0.29) is 18.6 Å². The van der Waals surface area contributed by atoms with E-state index in [1.807, 2.05) is 6.92 Å². The van der Waals surface area contributed by atoms with Gasteiger partial charge < -0.3 is 14.7 Å². The van der Waals surface area contributed by atoms with E-state index in [4.69, 9.17) is 9.84 Å². The molecule has 5 heteroatoms. The Bertz CT molecular complexity index is 533. The van der Waals surface area contributed by atoms with Gasteiger partial charge in [-0.25, -0.2) is 0 Å². The maximum Gasteiger partial charge on any atom is 0.255 e. The molecule has 0 aromatic carbocycles. The van der Waals surface area contributed by atoms with Crippen molar-refractivity contribution in [1.29, 1.82) is 0 Å². The molecule has 1 amide bonds. The Kier molecular flexibility index (Phi) is 5.10. The summed E-state index contributed by atoms with van der Waals surface area (Å²) < 4.78 is 5.56. The molecule has 2 rings (SSSR count). The number of hydrogen-bond donors (Lipinski definition) is 1. The van der Waals surface area contributed by atoms with E-state index in [9.17, 15) is 4.79 Å². The molecule has 1 aromatic heterocycles. The number of hydrogen-bond acceptors (Lipinski definition) is 4. The maximum absolute atomic E-state index is 12.4. The molecule has 0 spiro atoms. The van der Waals surface area contributed by atoms with Crippen LogP contribution in [0.2, 0.25) is 0 Å². The first-order valence-corrected chi connectivity index (χ1v) is 6.70. The lowest BCUT2D eigenvalue weighted by Crippen LogP contribution is -2.45. The minimum absolute atomic E-state index is 0.0492. The van der Waals surface area contributed by atoms with Gasteiger partial charge in [0.15, 0.2) is 0 Å². The first-order valence-electron chi connectivity index (χ1n) is 6.70. The second kappa shape index (κ2) is 7.04. The number of carbonyl (C=O) groups excluding carboxylic acids is 1. The second-order valence-electron chi connectivity index (χ2n) is 4.57. The van der Waals surface area contributed by atoms with Crippen molar-refractivity contribution in [2.24, 2.45) is 0 Å². The van der Waals surface area contributed by atoms with E-state index >= 15 is 0 Å². The highest BCUT2D eigenvalue weighted by molar-refractivity contribution is 5.94. The van der Waals surface area contributed by atoms with Gasteiger partial charge in [-0.1, -0.05) is 18.8 Å². The first kappa shape index (κ1) is 14.5. The van der Waals surface area contributed by atoms with Crippen LogP contribution in [0.15, 0.2) is 18.5 Å². The third-order valence-electron chi connectivity index (χ3n) is 3.18. The molecular formula is C15H18N2O3. The maximum atomic E-state index is 12.4. The number of pyridine rings is 1. The van der Waals surface area contributed by atoms with Crippen LogP contribution in [0.3, 0.4) is 0 Å². The van der Waals surface area contributed by atoms with Crippen molar-refractivity contribution in [3.05, 3.63) is 29.6 Å². The third kappa shape index (κ3) is 3.56. The molecule has 2 heterocycles. The van der Waals surface area contributed by atoms with E-state index < -0.39 is 0 Å². The smallest absolute Gasteiger partial charge is 0.255 e.